The molecule has 120 valence electrons. The van der Waals surface area contributed by atoms with Crippen molar-refractivity contribution in [2.24, 2.45) is 5.92 Å². The molecule has 21 heavy (non-hydrogen) atoms. The molecule has 1 aliphatic carbocycles. The Balaban J connectivity index is 2.24. The molecule has 0 radical (unpaired) electrons. The maximum Gasteiger partial charge on any atom is 0.393 e. The minimum atomic E-state index is -4.41. The normalized spacial score (nSPS) is 24.2. The Morgan fingerprint density at radius 2 is 1.95 bits per heavy atom. The van der Waals surface area contributed by atoms with Gasteiger partial charge in [0.15, 0.2) is 8.68 Å². The Bertz CT molecular complexity index is 615. The van der Waals surface area contributed by atoms with Crippen LogP contribution in [0.2, 0.25) is 4.47 Å². The van der Waals surface area contributed by atoms with Crippen molar-refractivity contribution in [3.8, 4) is 0 Å². The molecule has 4 nitrogen and oxygen atoms in total. The molecular weight excluding hydrogens is 349 g/mol. The van der Waals surface area contributed by atoms with Gasteiger partial charge in [0.2, 0.25) is 0 Å². The number of hydrogen-bond acceptors (Lipinski definition) is 4. The maximum absolute atomic E-state index is 13.0. The summed E-state index contributed by atoms with van der Waals surface area (Å²) in [5.41, 5.74) is 0.192. The van der Waals surface area contributed by atoms with Crippen LogP contribution in [0.5, 0.6) is 0 Å². The molecule has 2 unspecified atom stereocenters. The van der Waals surface area contributed by atoms with E-state index in [0.29, 0.717) is 12.8 Å². The molecule has 1 aromatic heterocycles. The second-order valence-electron chi connectivity index (χ2n) is 5.00. The number of sulfonamides is 1. The number of aromatic nitrogens is 1. The summed E-state index contributed by atoms with van der Waals surface area (Å²) in [6.07, 6.45) is -3.27. The fourth-order valence-corrected chi connectivity index (χ4v) is 5.58. The van der Waals surface area contributed by atoms with E-state index in [-0.39, 0.29) is 27.2 Å². The molecule has 1 heterocycles. The predicted molar refractivity (Wildman–Crippen MR) is 74.0 cm³/mol. The number of aryl methyl sites for hydroxylation is 1. The molecule has 1 aromatic rings. The van der Waals surface area contributed by atoms with Crippen molar-refractivity contribution in [1.82, 2.24) is 9.71 Å². The van der Waals surface area contributed by atoms with Crippen LogP contribution in [0.4, 0.5) is 13.2 Å². The predicted octanol–water partition coefficient (Wildman–Crippen LogP) is 3.50. The molecule has 0 bridgehead atoms. The van der Waals surface area contributed by atoms with Crippen LogP contribution in [0.1, 0.15) is 31.4 Å². The van der Waals surface area contributed by atoms with Crippen LogP contribution >= 0.6 is 22.9 Å². The van der Waals surface area contributed by atoms with Crippen molar-refractivity contribution in [3.05, 3.63) is 10.2 Å². The van der Waals surface area contributed by atoms with Gasteiger partial charge in [-0.15, -0.1) is 0 Å². The SMILES string of the molecule is Cc1nc(Cl)sc1S(=O)(=O)NC1CCCCC1C(F)(F)F. The zero-order chi connectivity index (χ0) is 15.8. The molecule has 2 atom stereocenters. The lowest BCUT2D eigenvalue weighted by atomic mass is 9.85. The van der Waals surface area contributed by atoms with Gasteiger partial charge in [-0.25, -0.2) is 18.1 Å². The van der Waals surface area contributed by atoms with E-state index in [0.717, 1.165) is 11.3 Å². The van der Waals surface area contributed by atoms with Crippen molar-refractivity contribution in [1.29, 1.82) is 0 Å². The lowest BCUT2D eigenvalue weighted by Crippen LogP contribution is -2.47. The zero-order valence-electron chi connectivity index (χ0n) is 11.1. The molecule has 0 amide bonds. The van der Waals surface area contributed by atoms with Crippen molar-refractivity contribution < 1.29 is 21.6 Å². The van der Waals surface area contributed by atoms with Gasteiger partial charge in [-0.05, 0) is 19.8 Å². The van der Waals surface area contributed by atoms with Crippen molar-refractivity contribution >= 4 is 33.0 Å². The summed E-state index contributed by atoms with van der Waals surface area (Å²) in [5.74, 6) is -1.65. The molecule has 10 heteroatoms. The van der Waals surface area contributed by atoms with Crippen LogP contribution in [-0.2, 0) is 10.0 Å². The minimum absolute atomic E-state index is 0.0453. The van der Waals surface area contributed by atoms with Gasteiger partial charge < -0.3 is 0 Å². The Morgan fingerprint density at radius 3 is 2.48 bits per heavy atom. The summed E-state index contributed by atoms with van der Waals surface area (Å²) < 4.78 is 65.5. The third-order valence-electron chi connectivity index (χ3n) is 3.46. The molecule has 1 saturated carbocycles. The van der Waals surface area contributed by atoms with Gasteiger partial charge in [-0.3, -0.25) is 0 Å². The van der Waals surface area contributed by atoms with Crippen LogP contribution in [0.3, 0.4) is 0 Å². The van der Waals surface area contributed by atoms with Crippen LogP contribution in [0, 0.1) is 12.8 Å². The Morgan fingerprint density at radius 1 is 1.33 bits per heavy atom. The number of nitrogens with zero attached hydrogens (tertiary/aromatic N) is 1. The van der Waals surface area contributed by atoms with Crippen molar-refractivity contribution in [2.45, 2.75) is 49.0 Å². The van der Waals surface area contributed by atoms with Crippen LogP contribution < -0.4 is 4.72 Å². The van der Waals surface area contributed by atoms with Crippen LogP contribution in [0.15, 0.2) is 4.21 Å². The summed E-state index contributed by atoms with van der Waals surface area (Å²) in [7, 11) is -4.04. The largest absolute Gasteiger partial charge is 0.393 e. The van der Waals surface area contributed by atoms with Crippen LogP contribution in [0.25, 0.3) is 0 Å². The summed E-state index contributed by atoms with van der Waals surface area (Å²) in [5, 5.41) is 0. The first kappa shape index (κ1) is 17.0. The molecule has 0 spiro atoms. The van der Waals surface area contributed by atoms with E-state index in [2.05, 4.69) is 9.71 Å². The van der Waals surface area contributed by atoms with E-state index in [9.17, 15) is 21.6 Å². The first-order chi connectivity index (χ1) is 9.61. The smallest absolute Gasteiger partial charge is 0.229 e. The van der Waals surface area contributed by atoms with Gasteiger partial charge in [0.05, 0.1) is 11.6 Å². The molecule has 1 fully saturated rings. The van der Waals surface area contributed by atoms with E-state index in [1.54, 1.807) is 0 Å². The summed E-state index contributed by atoms with van der Waals surface area (Å²) in [4.78, 5) is 3.78. The number of halogens is 4. The zero-order valence-corrected chi connectivity index (χ0v) is 13.5. The summed E-state index contributed by atoms with van der Waals surface area (Å²) in [6.45, 7) is 1.46. The first-order valence-corrected chi connectivity index (χ1v) is 9.01. The highest BCUT2D eigenvalue weighted by Crippen LogP contribution is 2.38. The molecule has 0 aliphatic heterocycles. The van der Waals surface area contributed by atoms with E-state index < -0.39 is 28.2 Å². The topological polar surface area (TPSA) is 59.1 Å². The van der Waals surface area contributed by atoms with Gasteiger partial charge >= 0.3 is 6.18 Å². The Labute approximate surface area is 129 Å². The van der Waals surface area contributed by atoms with E-state index in [1.165, 1.54) is 6.92 Å². The molecular formula is C11H14ClF3N2O2S2. The Kier molecular flexibility index (Phi) is 4.87. The number of nitrogens with one attached hydrogen (secondary N) is 1. The fourth-order valence-electron chi connectivity index (χ4n) is 2.52. The standard InChI is InChI=1S/C11H14ClF3N2O2S2/c1-6-9(20-10(12)16-6)21(18,19)17-8-5-3-2-4-7(8)11(13,14)15/h7-8,17H,2-5H2,1H3. The third kappa shape index (κ3) is 3.88. The molecule has 1 aliphatic rings. The highest BCUT2D eigenvalue weighted by Gasteiger charge is 2.46. The monoisotopic (exact) mass is 362 g/mol. The van der Waals surface area contributed by atoms with Crippen molar-refractivity contribution in [2.75, 3.05) is 0 Å². The van der Waals surface area contributed by atoms with Crippen molar-refractivity contribution in [3.63, 3.8) is 0 Å². The fraction of sp³-hybridized carbons (Fsp3) is 0.727. The number of thiazole rings is 1. The minimum Gasteiger partial charge on any atom is -0.229 e. The van der Waals surface area contributed by atoms with Gasteiger partial charge in [0.25, 0.3) is 10.0 Å². The highest BCUT2D eigenvalue weighted by molar-refractivity contribution is 7.91. The lowest BCUT2D eigenvalue weighted by molar-refractivity contribution is -0.187. The maximum atomic E-state index is 13.0. The van der Waals surface area contributed by atoms with Gasteiger partial charge in [-0.1, -0.05) is 35.8 Å². The number of hydrogen-bond donors (Lipinski definition) is 1. The quantitative estimate of drug-likeness (QED) is 0.895. The summed E-state index contributed by atoms with van der Waals surface area (Å²) >= 11 is 6.39. The molecule has 0 saturated heterocycles. The molecule has 1 N–H and O–H groups in total. The highest BCUT2D eigenvalue weighted by atomic mass is 35.5. The second kappa shape index (κ2) is 6.02. The average molecular weight is 363 g/mol. The second-order valence-corrected chi connectivity index (χ2v) is 8.49. The van der Waals surface area contributed by atoms with Crippen LogP contribution in [-0.4, -0.2) is 25.6 Å². The van der Waals surface area contributed by atoms with Gasteiger partial charge in [0.1, 0.15) is 0 Å². The van der Waals surface area contributed by atoms with E-state index >= 15 is 0 Å². The number of rotatable bonds is 3. The van der Waals surface area contributed by atoms with Gasteiger partial charge in [-0.2, -0.15) is 13.2 Å². The van der Waals surface area contributed by atoms with E-state index in [1.807, 2.05) is 0 Å². The summed E-state index contributed by atoms with van der Waals surface area (Å²) in [6, 6.07) is -1.14. The lowest BCUT2D eigenvalue weighted by Gasteiger charge is -2.33. The molecule has 0 aromatic carbocycles. The average Bonchev–Trinajstić information content (AvgIpc) is 2.68. The third-order valence-corrected chi connectivity index (χ3v) is 6.83. The molecule has 2 rings (SSSR count). The first-order valence-electron chi connectivity index (χ1n) is 6.33. The van der Waals surface area contributed by atoms with E-state index in [4.69, 9.17) is 11.6 Å². The number of alkyl halides is 3. The van der Waals surface area contributed by atoms with Gasteiger partial charge in [0, 0.05) is 6.04 Å². The Hall–Kier alpha value is -0.380.